The van der Waals surface area contributed by atoms with Crippen molar-refractivity contribution in [2.24, 2.45) is 0 Å². The third kappa shape index (κ3) is 4.01. The summed E-state index contributed by atoms with van der Waals surface area (Å²) in [6, 6.07) is 11.5. The Balaban J connectivity index is 1.49. The predicted molar refractivity (Wildman–Crippen MR) is 114 cm³/mol. The van der Waals surface area contributed by atoms with Crippen LogP contribution in [0.2, 0.25) is 0 Å². The SMILES string of the molecule is O=C(Nc1ccnc(-c2cc(-c3ccon3)n(Cc3ccccc3F)n2)n1)c1cncs1. The Bertz CT molecular complexity index is 1370. The van der Waals surface area contributed by atoms with Gasteiger partial charge in [-0.3, -0.25) is 14.5 Å². The van der Waals surface area contributed by atoms with E-state index in [9.17, 15) is 9.18 Å². The second-order valence-electron chi connectivity index (χ2n) is 6.63. The molecule has 0 aliphatic carbocycles. The number of nitrogens with zero attached hydrogens (tertiary/aromatic N) is 6. The van der Waals surface area contributed by atoms with Crippen LogP contribution in [0, 0.1) is 5.82 Å². The van der Waals surface area contributed by atoms with Crippen LogP contribution in [0.4, 0.5) is 10.2 Å². The highest BCUT2D eigenvalue weighted by molar-refractivity contribution is 7.11. The number of aromatic nitrogens is 6. The highest BCUT2D eigenvalue weighted by Gasteiger charge is 2.17. The molecule has 11 heteroatoms. The maximum absolute atomic E-state index is 14.2. The number of halogens is 1. The Morgan fingerprint density at radius 2 is 2.09 bits per heavy atom. The number of amides is 1. The fourth-order valence-corrected chi connectivity index (χ4v) is 3.56. The van der Waals surface area contributed by atoms with E-state index in [-0.39, 0.29) is 18.3 Å². The van der Waals surface area contributed by atoms with Gasteiger partial charge in [-0.1, -0.05) is 23.4 Å². The van der Waals surface area contributed by atoms with Crippen LogP contribution in [-0.2, 0) is 6.54 Å². The Labute approximate surface area is 184 Å². The Morgan fingerprint density at radius 3 is 2.88 bits per heavy atom. The van der Waals surface area contributed by atoms with Gasteiger partial charge in [0.15, 0.2) is 5.82 Å². The standard InChI is InChI=1S/C21H14FN7O2S/c22-14-4-2-1-3-13(14)11-29-17(15-6-8-31-28-15)9-16(27-29)20-24-7-5-19(25-20)26-21(30)18-10-23-12-32-18/h1-10,12H,11H2,(H,24,25,26,30). The molecule has 4 heterocycles. The van der Waals surface area contributed by atoms with Crippen molar-refractivity contribution in [3.05, 3.63) is 82.9 Å². The van der Waals surface area contributed by atoms with Crippen molar-refractivity contribution in [3.8, 4) is 22.9 Å². The smallest absolute Gasteiger partial charge is 0.268 e. The average molecular weight is 447 g/mol. The van der Waals surface area contributed by atoms with Crippen molar-refractivity contribution >= 4 is 23.1 Å². The summed E-state index contributed by atoms with van der Waals surface area (Å²) in [6.07, 6.45) is 4.45. The highest BCUT2D eigenvalue weighted by atomic mass is 32.1. The van der Waals surface area contributed by atoms with E-state index in [1.807, 2.05) is 0 Å². The summed E-state index contributed by atoms with van der Waals surface area (Å²) in [7, 11) is 0. The van der Waals surface area contributed by atoms with Crippen LogP contribution < -0.4 is 5.32 Å². The number of nitrogens with one attached hydrogen (secondary N) is 1. The third-order valence-electron chi connectivity index (χ3n) is 4.54. The lowest BCUT2D eigenvalue weighted by Crippen LogP contribution is -2.12. The van der Waals surface area contributed by atoms with Crippen LogP contribution in [0.3, 0.4) is 0 Å². The number of benzene rings is 1. The molecule has 32 heavy (non-hydrogen) atoms. The second kappa shape index (κ2) is 8.47. The molecular weight excluding hydrogens is 433 g/mol. The van der Waals surface area contributed by atoms with Gasteiger partial charge in [0.05, 0.1) is 23.9 Å². The van der Waals surface area contributed by atoms with Crippen LogP contribution in [0.1, 0.15) is 15.2 Å². The zero-order valence-electron chi connectivity index (χ0n) is 16.3. The van der Waals surface area contributed by atoms with Crippen molar-refractivity contribution in [1.29, 1.82) is 0 Å². The fourth-order valence-electron chi connectivity index (χ4n) is 3.04. The van der Waals surface area contributed by atoms with Crippen LogP contribution in [0.15, 0.2) is 71.2 Å². The largest absolute Gasteiger partial charge is 0.364 e. The van der Waals surface area contributed by atoms with Crippen molar-refractivity contribution in [2.45, 2.75) is 6.54 Å². The summed E-state index contributed by atoms with van der Waals surface area (Å²) >= 11 is 1.23. The Morgan fingerprint density at radius 1 is 1.19 bits per heavy atom. The average Bonchev–Trinajstić information content (AvgIpc) is 3.57. The molecule has 0 saturated carbocycles. The van der Waals surface area contributed by atoms with Crippen molar-refractivity contribution in [2.75, 3.05) is 5.32 Å². The molecule has 5 aromatic rings. The zero-order valence-corrected chi connectivity index (χ0v) is 17.2. The Kier molecular flexibility index (Phi) is 5.22. The number of carbonyl (C=O) groups excluding carboxylic acids is 1. The molecule has 0 unspecified atom stereocenters. The monoisotopic (exact) mass is 447 g/mol. The van der Waals surface area contributed by atoms with Gasteiger partial charge in [-0.05, 0) is 18.2 Å². The van der Waals surface area contributed by atoms with E-state index in [0.717, 1.165) is 0 Å². The van der Waals surface area contributed by atoms with Gasteiger partial charge in [0.25, 0.3) is 5.91 Å². The lowest BCUT2D eigenvalue weighted by atomic mass is 10.2. The van der Waals surface area contributed by atoms with Gasteiger partial charge in [0.2, 0.25) is 0 Å². The van der Waals surface area contributed by atoms with Crippen LogP contribution in [0.25, 0.3) is 22.9 Å². The molecule has 0 saturated heterocycles. The molecule has 0 fully saturated rings. The van der Waals surface area contributed by atoms with Gasteiger partial charge in [0, 0.05) is 17.8 Å². The van der Waals surface area contributed by atoms with E-state index in [1.165, 1.54) is 36.1 Å². The third-order valence-corrected chi connectivity index (χ3v) is 5.31. The van der Waals surface area contributed by atoms with Crippen LogP contribution in [-0.4, -0.2) is 35.8 Å². The minimum Gasteiger partial charge on any atom is -0.364 e. The zero-order chi connectivity index (χ0) is 21.9. The molecule has 0 spiro atoms. The van der Waals surface area contributed by atoms with Gasteiger partial charge in [-0.25, -0.2) is 14.4 Å². The summed E-state index contributed by atoms with van der Waals surface area (Å²) in [5.41, 5.74) is 3.63. The molecule has 1 aromatic carbocycles. The minimum atomic E-state index is -0.334. The molecule has 0 aliphatic heterocycles. The topological polar surface area (TPSA) is 112 Å². The summed E-state index contributed by atoms with van der Waals surface area (Å²) in [5, 5.41) is 11.3. The molecule has 9 nitrogen and oxygen atoms in total. The van der Waals surface area contributed by atoms with E-state index in [1.54, 1.807) is 46.6 Å². The normalized spacial score (nSPS) is 10.9. The summed E-state index contributed by atoms with van der Waals surface area (Å²) in [6.45, 7) is 0.177. The maximum atomic E-state index is 14.2. The number of thiazole rings is 1. The van der Waals surface area contributed by atoms with Crippen LogP contribution in [0.5, 0.6) is 0 Å². The molecule has 0 bridgehead atoms. The number of hydrogen-bond acceptors (Lipinski definition) is 8. The van der Waals surface area contributed by atoms with Gasteiger partial charge in [-0.15, -0.1) is 11.3 Å². The molecule has 0 radical (unpaired) electrons. The van der Waals surface area contributed by atoms with E-state index >= 15 is 0 Å². The highest BCUT2D eigenvalue weighted by Crippen LogP contribution is 2.25. The van der Waals surface area contributed by atoms with Crippen molar-refractivity contribution in [1.82, 2.24) is 29.9 Å². The molecule has 4 aromatic heterocycles. The first kappa shape index (κ1) is 19.7. The fraction of sp³-hybridized carbons (Fsp3) is 0.0476. The first-order chi connectivity index (χ1) is 15.7. The molecule has 5 rings (SSSR count). The first-order valence-electron chi connectivity index (χ1n) is 9.42. The molecule has 1 N–H and O–H groups in total. The molecule has 0 aliphatic rings. The minimum absolute atomic E-state index is 0.177. The van der Waals surface area contributed by atoms with E-state index in [2.05, 4.69) is 30.5 Å². The Hall–Kier alpha value is -4.25. The van der Waals surface area contributed by atoms with E-state index in [4.69, 9.17) is 4.52 Å². The van der Waals surface area contributed by atoms with E-state index in [0.29, 0.717) is 39.2 Å². The number of hydrogen-bond donors (Lipinski definition) is 1. The number of anilines is 1. The predicted octanol–water partition coefficient (Wildman–Crippen LogP) is 3.89. The molecule has 0 atom stereocenters. The van der Waals surface area contributed by atoms with Crippen molar-refractivity contribution < 1.29 is 13.7 Å². The lowest BCUT2D eigenvalue weighted by Gasteiger charge is -2.06. The summed E-state index contributed by atoms with van der Waals surface area (Å²) < 4.78 is 20.8. The quantitative estimate of drug-likeness (QED) is 0.420. The molecule has 158 valence electrons. The molecular formula is C21H14FN7O2S. The maximum Gasteiger partial charge on any atom is 0.268 e. The molecule has 1 amide bonds. The van der Waals surface area contributed by atoms with Gasteiger partial charge >= 0.3 is 0 Å². The summed E-state index contributed by atoms with van der Waals surface area (Å²) in [4.78, 5) is 25.3. The van der Waals surface area contributed by atoms with Gasteiger partial charge in [0.1, 0.15) is 34.2 Å². The van der Waals surface area contributed by atoms with E-state index < -0.39 is 0 Å². The first-order valence-corrected chi connectivity index (χ1v) is 10.3. The van der Waals surface area contributed by atoms with Gasteiger partial charge < -0.3 is 9.84 Å². The lowest BCUT2D eigenvalue weighted by molar-refractivity contribution is 0.103. The van der Waals surface area contributed by atoms with Gasteiger partial charge in [-0.2, -0.15) is 5.10 Å². The number of rotatable bonds is 6. The van der Waals surface area contributed by atoms with Crippen LogP contribution >= 0.6 is 11.3 Å². The summed E-state index contributed by atoms with van der Waals surface area (Å²) in [5.74, 6) is -0.0330. The second-order valence-corrected chi connectivity index (χ2v) is 7.52. The van der Waals surface area contributed by atoms with Crippen molar-refractivity contribution in [3.63, 3.8) is 0 Å². The number of carbonyl (C=O) groups is 1.